The summed E-state index contributed by atoms with van der Waals surface area (Å²) in [5, 5.41) is 5.65. The first-order valence-electron chi connectivity index (χ1n) is 12.3. The van der Waals surface area contributed by atoms with Crippen molar-refractivity contribution in [3.8, 4) is 5.75 Å². The van der Waals surface area contributed by atoms with Crippen LogP contribution in [0.25, 0.3) is 10.8 Å². The number of amides is 2. The molecular formula is C29H32N2O3. The highest BCUT2D eigenvalue weighted by Crippen LogP contribution is 2.38. The number of nitrogens with zero attached hydrogens (tertiary/aromatic N) is 1. The molecule has 0 spiro atoms. The monoisotopic (exact) mass is 456 g/mol. The first-order valence-corrected chi connectivity index (χ1v) is 12.3. The van der Waals surface area contributed by atoms with E-state index in [2.05, 4.69) is 41.7 Å². The van der Waals surface area contributed by atoms with Crippen LogP contribution in [0.3, 0.4) is 0 Å². The van der Waals surface area contributed by atoms with Gasteiger partial charge in [0.1, 0.15) is 5.75 Å². The maximum atomic E-state index is 13.4. The summed E-state index contributed by atoms with van der Waals surface area (Å²) in [7, 11) is 1.68. The van der Waals surface area contributed by atoms with Crippen LogP contribution in [0.2, 0.25) is 0 Å². The number of hydrogen-bond donors (Lipinski definition) is 1. The Morgan fingerprint density at radius 3 is 2.68 bits per heavy atom. The van der Waals surface area contributed by atoms with E-state index in [4.69, 9.17) is 4.74 Å². The van der Waals surface area contributed by atoms with Crippen molar-refractivity contribution < 1.29 is 14.3 Å². The SMILES string of the molecule is COc1ccccc1C1CCCN1C(=O)CCC1(Cc2ccc3ccccc3c2)CCC(=O)N1. The number of carbonyl (C=O) groups excluding carboxylic acids is 2. The van der Waals surface area contributed by atoms with Crippen LogP contribution < -0.4 is 10.1 Å². The molecule has 5 heteroatoms. The molecule has 2 unspecified atom stereocenters. The second-order valence-electron chi connectivity index (χ2n) is 9.67. The molecule has 3 aromatic carbocycles. The average molecular weight is 457 g/mol. The molecule has 34 heavy (non-hydrogen) atoms. The lowest BCUT2D eigenvalue weighted by molar-refractivity contribution is -0.132. The minimum atomic E-state index is -0.366. The van der Waals surface area contributed by atoms with Crippen molar-refractivity contribution in [2.24, 2.45) is 0 Å². The van der Waals surface area contributed by atoms with Crippen LogP contribution in [-0.2, 0) is 16.0 Å². The summed E-state index contributed by atoms with van der Waals surface area (Å²) >= 11 is 0. The van der Waals surface area contributed by atoms with Gasteiger partial charge in [-0.1, -0.05) is 60.7 Å². The highest BCUT2D eigenvalue weighted by molar-refractivity contribution is 5.83. The van der Waals surface area contributed by atoms with E-state index < -0.39 is 0 Å². The van der Waals surface area contributed by atoms with Gasteiger partial charge in [0.25, 0.3) is 0 Å². The summed E-state index contributed by atoms with van der Waals surface area (Å²) in [6.07, 6.45) is 5.06. The van der Waals surface area contributed by atoms with E-state index in [1.165, 1.54) is 16.3 Å². The minimum Gasteiger partial charge on any atom is -0.496 e. The van der Waals surface area contributed by atoms with E-state index in [1.54, 1.807) is 7.11 Å². The molecular weight excluding hydrogens is 424 g/mol. The molecule has 5 nitrogen and oxygen atoms in total. The standard InChI is InChI=1S/C29H32N2O3/c1-34-26-11-5-4-9-24(26)25-10-6-18-31(25)28(33)15-17-29(16-14-27(32)30-29)20-21-12-13-22-7-2-3-8-23(22)19-21/h2-5,7-9,11-13,19,25H,6,10,14-18,20H2,1H3,(H,30,32). The van der Waals surface area contributed by atoms with Gasteiger partial charge in [-0.15, -0.1) is 0 Å². The smallest absolute Gasteiger partial charge is 0.223 e. The van der Waals surface area contributed by atoms with E-state index in [0.29, 0.717) is 19.3 Å². The molecule has 0 radical (unpaired) electrons. The van der Waals surface area contributed by atoms with Crippen molar-refractivity contribution in [1.29, 1.82) is 0 Å². The number of hydrogen-bond acceptors (Lipinski definition) is 3. The zero-order valence-corrected chi connectivity index (χ0v) is 19.8. The van der Waals surface area contributed by atoms with Crippen LogP contribution in [0.15, 0.2) is 66.7 Å². The van der Waals surface area contributed by atoms with Crippen molar-refractivity contribution >= 4 is 22.6 Å². The van der Waals surface area contributed by atoms with Gasteiger partial charge in [0.05, 0.1) is 13.2 Å². The van der Waals surface area contributed by atoms with Gasteiger partial charge < -0.3 is 15.0 Å². The van der Waals surface area contributed by atoms with Gasteiger partial charge in [0.2, 0.25) is 11.8 Å². The molecule has 3 aromatic rings. The zero-order valence-electron chi connectivity index (χ0n) is 19.8. The molecule has 2 heterocycles. The predicted molar refractivity (Wildman–Crippen MR) is 134 cm³/mol. The number of benzene rings is 3. The van der Waals surface area contributed by atoms with Gasteiger partial charge in [0, 0.05) is 30.5 Å². The lowest BCUT2D eigenvalue weighted by Gasteiger charge is -2.31. The molecule has 0 bridgehead atoms. The zero-order chi connectivity index (χ0) is 23.5. The largest absolute Gasteiger partial charge is 0.496 e. The first-order chi connectivity index (χ1) is 16.6. The summed E-state index contributed by atoms with van der Waals surface area (Å²) in [5.74, 6) is 1.08. The number of para-hydroxylation sites is 1. The third kappa shape index (κ3) is 4.52. The Kier molecular flexibility index (Phi) is 6.27. The molecule has 176 valence electrons. The van der Waals surface area contributed by atoms with Gasteiger partial charge in [-0.05, 0) is 54.5 Å². The van der Waals surface area contributed by atoms with Crippen LogP contribution >= 0.6 is 0 Å². The predicted octanol–water partition coefficient (Wildman–Crippen LogP) is 5.18. The number of likely N-dealkylation sites (tertiary alicyclic amines) is 1. The third-order valence-corrected chi connectivity index (χ3v) is 7.48. The van der Waals surface area contributed by atoms with Crippen molar-refractivity contribution in [2.75, 3.05) is 13.7 Å². The van der Waals surface area contributed by atoms with E-state index in [9.17, 15) is 9.59 Å². The fourth-order valence-corrected chi connectivity index (χ4v) is 5.74. The van der Waals surface area contributed by atoms with E-state index in [-0.39, 0.29) is 23.4 Å². The quantitative estimate of drug-likeness (QED) is 0.533. The topological polar surface area (TPSA) is 58.6 Å². The van der Waals surface area contributed by atoms with Gasteiger partial charge in [0.15, 0.2) is 0 Å². The second-order valence-corrected chi connectivity index (χ2v) is 9.67. The van der Waals surface area contributed by atoms with Crippen molar-refractivity contribution in [3.05, 3.63) is 77.9 Å². The van der Waals surface area contributed by atoms with Crippen LogP contribution in [-0.4, -0.2) is 35.9 Å². The Hall–Kier alpha value is -3.34. The normalized spacial score (nSPS) is 22.2. The Morgan fingerprint density at radius 2 is 1.88 bits per heavy atom. The van der Waals surface area contributed by atoms with E-state index in [1.807, 2.05) is 35.2 Å². The Labute approximate surface area is 201 Å². The van der Waals surface area contributed by atoms with Gasteiger partial charge in [-0.25, -0.2) is 0 Å². The van der Waals surface area contributed by atoms with Crippen LogP contribution in [0.5, 0.6) is 5.75 Å². The molecule has 1 N–H and O–H groups in total. The van der Waals surface area contributed by atoms with Crippen molar-refractivity contribution in [2.45, 2.75) is 56.5 Å². The average Bonchev–Trinajstić information content (AvgIpc) is 3.50. The summed E-state index contributed by atoms with van der Waals surface area (Å²) in [5.41, 5.74) is 1.91. The maximum Gasteiger partial charge on any atom is 0.223 e. The van der Waals surface area contributed by atoms with Crippen LogP contribution in [0.1, 0.15) is 55.7 Å². The number of nitrogens with one attached hydrogen (secondary N) is 1. The summed E-state index contributed by atoms with van der Waals surface area (Å²) in [6, 6.07) is 22.9. The maximum absolute atomic E-state index is 13.4. The van der Waals surface area contributed by atoms with Gasteiger partial charge in [-0.2, -0.15) is 0 Å². The molecule has 2 fully saturated rings. The Balaban J connectivity index is 1.31. The molecule has 0 aromatic heterocycles. The summed E-state index contributed by atoms with van der Waals surface area (Å²) in [4.78, 5) is 27.7. The number of methoxy groups -OCH3 is 1. The first kappa shape index (κ1) is 22.5. The Morgan fingerprint density at radius 1 is 1.09 bits per heavy atom. The van der Waals surface area contributed by atoms with Gasteiger partial charge >= 0.3 is 0 Å². The van der Waals surface area contributed by atoms with Gasteiger partial charge in [-0.3, -0.25) is 9.59 Å². The van der Waals surface area contributed by atoms with Crippen LogP contribution in [0, 0.1) is 0 Å². The van der Waals surface area contributed by atoms with Crippen molar-refractivity contribution in [3.63, 3.8) is 0 Å². The van der Waals surface area contributed by atoms with Crippen molar-refractivity contribution in [1.82, 2.24) is 10.2 Å². The highest BCUT2D eigenvalue weighted by atomic mass is 16.5. The van der Waals surface area contributed by atoms with E-state index in [0.717, 1.165) is 43.5 Å². The lowest BCUT2D eigenvalue weighted by atomic mass is 9.84. The number of ether oxygens (including phenoxy) is 1. The lowest BCUT2D eigenvalue weighted by Crippen LogP contribution is -2.45. The number of fused-ring (bicyclic) bond motifs is 1. The number of carbonyl (C=O) groups is 2. The number of rotatable bonds is 7. The molecule has 2 amide bonds. The molecule has 0 aliphatic carbocycles. The molecule has 5 rings (SSSR count). The fraction of sp³-hybridized carbons (Fsp3) is 0.379. The molecule has 2 atom stereocenters. The third-order valence-electron chi connectivity index (χ3n) is 7.48. The minimum absolute atomic E-state index is 0.0539. The molecule has 0 saturated carbocycles. The molecule has 2 aliphatic rings. The summed E-state index contributed by atoms with van der Waals surface area (Å²) in [6.45, 7) is 0.769. The molecule has 2 saturated heterocycles. The Bertz CT molecular complexity index is 1210. The second kappa shape index (κ2) is 9.49. The summed E-state index contributed by atoms with van der Waals surface area (Å²) < 4.78 is 5.57. The van der Waals surface area contributed by atoms with Crippen LogP contribution in [0.4, 0.5) is 0 Å². The fourth-order valence-electron chi connectivity index (χ4n) is 5.74. The molecule has 2 aliphatic heterocycles. The highest BCUT2D eigenvalue weighted by Gasteiger charge is 2.39. The van der Waals surface area contributed by atoms with E-state index >= 15 is 0 Å².